The van der Waals surface area contributed by atoms with Crippen molar-refractivity contribution in [3.63, 3.8) is 0 Å². The zero-order chi connectivity index (χ0) is 12.1. The van der Waals surface area contributed by atoms with Crippen molar-refractivity contribution in [1.29, 1.82) is 0 Å². The van der Waals surface area contributed by atoms with Crippen molar-refractivity contribution in [3.8, 4) is 0 Å². The lowest BCUT2D eigenvalue weighted by atomic mass is 10.00. The molecule has 0 bridgehead atoms. The topological polar surface area (TPSA) is 55.1 Å². The van der Waals surface area contributed by atoms with Crippen LogP contribution in [0.2, 0.25) is 0 Å². The minimum absolute atomic E-state index is 0.177. The molecule has 1 rings (SSSR count). The van der Waals surface area contributed by atoms with Crippen LogP contribution >= 0.6 is 0 Å². The molecule has 0 spiro atoms. The fourth-order valence-electron chi connectivity index (χ4n) is 1.34. The van der Waals surface area contributed by atoms with E-state index in [4.69, 9.17) is 5.73 Å². The third-order valence-corrected chi connectivity index (χ3v) is 2.27. The Morgan fingerprint density at radius 1 is 1.50 bits per heavy atom. The van der Waals surface area contributed by atoms with Gasteiger partial charge in [-0.25, -0.2) is 8.78 Å². The smallest absolute Gasteiger partial charge is 0.227 e. The third-order valence-electron chi connectivity index (χ3n) is 2.27. The maximum absolute atomic E-state index is 13.3. The Balaban J connectivity index is 2.79. The van der Waals surface area contributed by atoms with Crippen molar-refractivity contribution in [2.24, 2.45) is 5.73 Å². The molecule has 0 aliphatic rings. The Hall–Kier alpha value is -1.49. The number of hydrogen-bond donors (Lipinski definition) is 2. The Labute approximate surface area is 92.6 Å². The van der Waals surface area contributed by atoms with E-state index >= 15 is 0 Å². The van der Waals surface area contributed by atoms with Gasteiger partial charge in [0, 0.05) is 24.7 Å². The molecule has 0 heterocycles. The molecule has 0 saturated heterocycles. The Bertz CT molecular complexity index is 382. The summed E-state index contributed by atoms with van der Waals surface area (Å²) in [6, 6.07) is 3.17. The summed E-state index contributed by atoms with van der Waals surface area (Å²) in [6.45, 7) is 2.22. The molecule has 1 aromatic carbocycles. The van der Waals surface area contributed by atoms with Crippen LogP contribution in [0.3, 0.4) is 0 Å². The maximum atomic E-state index is 13.3. The van der Waals surface area contributed by atoms with Gasteiger partial charge in [0.2, 0.25) is 5.91 Å². The van der Waals surface area contributed by atoms with Crippen LogP contribution in [0.5, 0.6) is 0 Å². The summed E-state index contributed by atoms with van der Waals surface area (Å²) in [7, 11) is 0. The first-order valence-corrected chi connectivity index (χ1v) is 4.99. The van der Waals surface area contributed by atoms with Crippen LogP contribution in [0.1, 0.15) is 18.4 Å². The van der Waals surface area contributed by atoms with Crippen LogP contribution in [0, 0.1) is 11.6 Å². The molecule has 0 aliphatic carbocycles. The van der Waals surface area contributed by atoms with E-state index in [9.17, 15) is 13.6 Å². The zero-order valence-corrected chi connectivity index (χ0v) is 8.97. The summed E-state index contributed by atoms with van der Waals surface area (Å²) < 4.78 is 26.0. The lowest BCUT2D eigenvalue weighted by molar-refractivity contribution is -0.122. The quantitative estimate of drug-likeness (QED) is 0.812. The summed E-state index contributed by atoms with van der Waals surface area (Å²) in [5.41, 5.74) is 5.40. The van der Waals surface area contributed by atoms with Gasteiger partial charge in [-0.05, 0) is 13.0 Å². The second kappa shape index (κ2) is 5.55. The van der Waals surface area contributed by atoms with E-state index in [2.05, 4.69) is 5.32 Å². The molecule has 5 heteroatoms. The number of halogens is 2. The van der Waals surface area contributed by atoms with E-state index in [1.54, 1.807) is 6.92 Å². The molecule has 1 unspecified atom stereocenters. The lowest BCUT2D eigenvalue weighted by Crippen LogP contribution is -2.32. The van der Waals surface area contributed by atoms with E-state index in [-0.39, 0.29) is 11.5 Å². The molecular formula is C11H14F2N2O. The SMILES string of the molecule is CC(C(=O)NCCN)c1ccc(F)cc1F. The van der Waals surface area contributed by atoms with E-state index in [1.165, 1.54) is 6.07 Å². The number of hydrogen-bond acceptors (Lipinski definition) is 2. The monoisotopic (exact) mass is 228 g/mol. The van der Waals surface area contributed by atoms with Crippen LogP contribution in [0.25, 0.3) is 0 Å². The fraction of sp³-hybridized carbons (Fsp3) is 0.364. The molecule has 0 aromatic heterocycles. The van der Waals surface area contributed by atoms with Gasteiger partial charge in [0.15, 0.2) is 0 Å². The van der Waals surface area contributed by atoms with E-state index in [0.29, 0.717) is 13.1 Å². The van der Waals surface area contributed by atoms with Gasteiger partial charge in [0.1, 0.15) is 11.6 Å². The summed E-state index contributed by atoms with van der Waals surface area (Å²) in [5, 5.41) is 2.55. The van der Waals surface area contributed by atoms with Crippen molar-refractivity contribution in [1.82, 2.24) is 5.32 Å². The van der Waals surface area contributed by atoms with Crippen molar-refractivity contribution in [3.05, 3.63) is 35.4 Å². The van der Waals surface area contributed by atoms with Crippen LogP contribution < -0.4 is 11.1 Å². The van der Waals surface area contributed by atoms with Gasteiger partial charge in [-0.1, -0.05) is 6.07 Å². The van der Waals surface area contributed by atoms with Gasteiger partial charge < -0.3 is 11.1 Å². The fourth-order valence-corrected chi connectivity index (χ4v) is 1.34. The van der Waals surface area contributed by atoms with Gasteiger partial charge in [0.05, 0.1) is 5.92 Å². The average molecular weight is 228 g/mol. The Morgan fingerprint density at radius 3 is 2.75 bits per heavy atom. The number of nitrogens with one attached hydrogen (secondary N) is 1. The van der Waals surface area contributed by atoms with Gasteiger partial charge in [-0.2, -0.15) is 0 Å². The molecule has 0 saturated carbocycles. The molecule has 16 heavy (non-hydrogen) atoms. The molecule has 3 nitrogen and oxygen atoms in total. The first kappa shape index (κ1) is 12.6. The van der Waals surface area contributed by atoms with Crippen LogP contribution in [-0.2, 0) is 4.79 Å². The number of rotatable bonds is 4. The summed E-state index contributed by atoms with van der Waals surface area (Å²) >= 11 is 0. The number of amides is 1. The van der Waals surface area contributed by atoms with Crippen molar-refractivity contribution >= 4 is 5.91 Å². The second-order valence-corrected chi connectivity index (χ2v) is 3.47. The molecule has 88 valence electrons. The van der Waals surface area contributed by atoms with Crippen LogP contribution in [0.15, 0.2) is 18.2 Å². The first-order chi connectivity index (χ1) is 7.56. The molecular weight excluding hydrogens is 214 g/mol. The zero-order valence-electron chi connectivity index (χ0n) is 8.97. The predicted octanol–water partition coefficient (Wildman–Crippen LogP) is 1.14. The molecule has 0 radical (unpaired) electrons. The molecule has 1 amide bonds. The predicted molar refractivity (Wildman–Crippen MR) is 56.8 cm³/mol. The minimum atomic E-state index is -0.713. The van der Waals surface area contributed by atoms with Gasteiger partial charge in [0.25, 0.3) is 0 Å². The number of carbonyl (C=O) groups is 1. The largest absolute Gasteiger partial charge is 0.354 e. The Kier molecular flexibility index (Phi) is 4.37. The Morgan fingerprint density at radius 2 is 2.19 bits per heavy atom. The molecule has 0 aliphatic heterocycles. The second-order valence-electron chi connectivity index (χ2n) is 3.47. The van der Waals surface area contributed by atoms with Crippen molar-refractivity contribution in [2.45, 2.75) is 12.8 Å². The molecule has 1 aromatic rings. The normalized spacial score (nSPS) is 12.2. The minimum Gasteiger partial charge on any atom is -0.354 e. The maximum Gasteiger partial charge on any atom is 0.227 e. The average Bonchev–Trinajstić information content (AvgIpc) is 2.25. The highest BCUT2D eigenvalue weighted by molar-refractivity contribution is 5.83. The molecule has 3 N–H and O–H groups in total. The van der Waals surface area contributed by atoms with E-state index < -0.39 is 17.6 Å². The highest BCUT2D eigenvalue weighted by Gasteiger charge is 2.18. The molecule has 0 fully saturated rings. The highest BCUT2D eigenvalue weighted by atomic mass is 19.1. The third kappa shape index (κ3) is 3.00. The number of carbonyl (C=O) groups excluding carboxylic acids is 1. The standard InChI is InChI=1S/C11H14F2N2O/c1-7(11(16)15-5-4-14)9-3-2-8(12)6-10(9)13/h2-3,6-7H,4-5,14H2,1H3,(H,15,16). The molecule has 1 atom stereocenters. The van der Waals surface area contributed by atoms with Gasteiger partial charge in [-0.15, -0.1) is 0 Å². The van der Waals surface area contributed by atoms with Crippen molar-refractivity contribution in [2.75, 3.05) is 13.1 Å². The van der Waals surface area contributed by atoms with E-state index in [1.807, 2.05) is 0 Å². The van der Waals surface area contributed by atoms with Gasteiger partial charge in [-0.3, -0.25) is 4.79 Å². The first-order valence-electron chi connectivity index (χ1n) is 4.99. The highest BCUT2D eigenvalue weighted by Crippen LogP contribution is 2.19. The summed E-state index contributed by atoms with van der Waals surface area (Å²) in [5.74, 6) is -2.35. The lowest BCUT2D eigenvalue weighted by Gasteiger charge is -2.12. The van der Waals surface area contributed by atoms with E-state index in [0.717, 1.165) is 12.1 Å². The van der Waals surface area contributed by atoms with Gasteiger partial charge >= 0.3 is 0 Å². The number of nitrogens with two attached hydrogens (primary N) is 1. The summed E-state index contributed by atoms with van der Waals surface area (Å²) in [4.78, 5) is 11.5. The van der Waals surface area contributed by atoms with Crippen molar-refractivity contribution < 1.29 is 13.6 Å². The number of benzene rings is 1. The van der Waals surface area contributed by atoms with Crippen LogP contribution in [0.4, 0.5) is 8.78 Å². The summed E-state index contributed by atoms with van der Waals surface area (Å²) in [6.07, 6.45) is 0. The van der Waals surface area contributed by atoms with Crippen LogP contribution in [-0.4, -0.2) is 19.0 Å².